The van der Waals surface area contributed by atoms with E-state index in [2.05, 4.69) is 9.72 Å². The summed E-state index contributed by atoms with van der Waals surface area (Å²) in [7, 11) is 1.27. The number of pyridine rings is 1. The molecule has 0 bridgehead atoms. The van der Waals surface area contributed by atoms with E-state index in [0.717, 1.165) is 16.0 Å². The van der Waals surface area contributed by atoms with Gasteiger partial charge in [-0.15, -0.1) is 0 Å². The maximum atomic E-state index is 13.5. The van der Waals surface area contributed by atoms with Crippen molar-refractivity contribution in [1.82, 2.24) is 9.88 Å². The lowest BCUT2D eigenvalue weighted by Gasteiger charge is -2.28. The highest BCUT2D eigenvalue weighted by Gasteiger charge is 2.44. The summed E-state index contributed by atoms with van der Waals surface area (Å²) in [5.74, 6) is -1.79. The molecule has 1 atom stereocenters. The zero-order valence-corrected chi connectivity index (χ0v) is 18.8. The van der Waals surface area contributed by atoms with Gasteiger partial charge in [0.25, 0.3) is 11.8 Å². The molecule has 1 aliphatic heterocycles. The molecule has 0 spiro atoms. The predicted octanol–water partition coefficient (Wildman–Crippen LogP) is 3.15. The fourth-order valence-electron chi connectivity index (χ4n) is 3.87. The molecule has 0 N–H and O–H groups in total. The number of amides is 3. The highest BCUT2D eigenvalue weighted by Crippen LogP contribution is 2.28. The molecule has 4 rings (SSSR count). The summed E-state index contributed by atoms with van der Waals surface area (Å²) >= 11 is 0. The van der Waals surface area contributed by atoms with Gasteiger partial charge in [0.15, 0.2) is 0 Å². The van der Waals surface area contributed by atoms with Crippen LogP contribution in [0.15, 0.2) is 73.1 Å². The van der Waals surface area contributed by atoms with Crippen LogP contribution in [-0.4, -0.2) is 46.7 Å². The fourth-order valence-corrected chi connectivity index (χ4v) is 3.87. The number of methoxy groups -OCH3 is 1. The number of nitrogens with zero attached hydrogens (tertiary/aromatic N) is 3. The van der Waals surface area contributed by atoms with Crippen molar-refractivity contribution in [3.63, 3.8) is 0 Å². The lowest BCUT2D eigenvalue weighted by atomic mass is 10.1. The van der Waals surface area contributed by atoms with Crippen LogP contribution < -0.4 is 4.90 Å². The minimum absolute atomic E-state index is 0.124. The number of benzene rings is 2. The van der Waals surface area contributed by atoms with Crippen LogP contribution in [0.2, 0.25) is 0 Å². The van der Waals surface area contributed by atoms with Crippen molar-refractivity contribution in [2.75, 3.05) is 12.0 Å². The molecule has 8 heteroatoms. The smallest absolute Gasteiger partial charge is 0.337 e. The van der Waals surface area contributed by atoms with Crippen molar-refractivity contribution in [2.24, 2.45) is 0 Å². The molecule has 2 aromatic carbocycles. The third-order valence-electron chi connectivity index (χ3n) is 5.68. The van der Waals surface area contributed by atoms with Crippen LogP contribution in [0.4, 0.5) is 5.69 Å². The van der Waals surface area contributed by atoms with E-state index < -0.39 is 23.8 Å². The average Bonchev–Trinajstić information content (AvgIpc) is 3.16. The summed E-state index contributed by atoms with van der Waals surface area (Å²) in [5.41, 5.74) is 2.80. The highest BCUT2D eigenvalue weighted by molar-refractivity contribution is 6.23. The quantitative estimate of drug-likeness (QED) is 0.417. The van der Waals surface area contributed by atoms with Gasteiger partial charge in [0.1, 0.15) is 6.04 Å². The standard InChI is InChI=1S/C26H23N3O5/c1-17-5-7-19(8-6-17)24(31)28(16-18-4-3-13-27-15-18)22-14-23(30)29(25(22)32)21-11-9-20(10-12-21)26(33)34-2/h3-13,15,22H,14,16H2,1-2H3. The molecule has 172 valence electrons. The Morgan fingerprint density at radius 3 is 2.32 bits per heavy atom. The van der Waals surface area contributed by atoms with Gasteiger partial charge in [0.05, 0.1) is 24.8 Å². The molecule has 34 heavy (non-hydrogen) atoms. The van der Waals surface area contributed by atoms with Crippen molar-refractivity contribution in [3.8, 4) is 0 Å². The topological polar surface area (TPSA) is 96.9 Å². The molecule has 0 radical (unpaired) electrons. The Kier molecular flexibility index (Phi) is 6.49. The van der Waals surface area contributed by atoms with Gasteiger partial charge in [0.2, 0.25) is 5.91 Å². The second-order valence-corrected chi connectivity index (χ2v) is 7.99. The highest BCUT2D eigenvalue weighted by atomic mass is 16.5. The zero-order chi connectivity index (χ0) is 24.2. The average molecular weight is 457 g/mol. The summed E-state index contributed by atoms with van der Waals surface area (Å²) < 4.78 is 4.69. The summed E-state index contributed by atoms with van der Waals surface area (Å²) in [5, 5.41) is 0. The maximum Gasteiger partial charge on any atom is 0.337 e. The molecular weight excluding hydrogens is 434 g/mol. The van der Waals surface area contributed by atoms with Crippen molar-refractivity contribution < 1.29 is 23.9 Å². The van der Waals surface area contributed by atoms with E-state index in [1.165, 1.54) is 36.3 Å². The lowest BCUT2D eigenvalue weighted by Crippen LogP contribution is -2.45. The van der Waals surface area contributed by atoms with E-state index in [4.69, 9.17) is 0 Å². The second kappa shape index (κ2) is 9.66. The van der Waals surface area contributed by atoms with Gasteiger partial charge in [-0.25, -0.2) is 9.69 Å². The normalized spacial score (nSPS) is 15.4. The SMILES string of the molecule is COC(=O)c1ccc(N2C(=O)CC(N(Cc3cccnc3)C(=O)c3ccc(C)cc3)C2=O)cc1. The van der Waals surface area contributed by atoms with Crippen molar-refractivity contribution in [3.05, 3.63) is 95.3 Å². The fraction of sp³-hybridized carbons (Fsp3) is 0.192. The summed E-state index contributed by atoms with van der Waals surface area (Å²) in [6, 6.07) is 15.7. The number of carbonyl (C=O) groups is 4. The first-order valence-electron chi connectivity index (χ1n) is 10.7. The molecule has 0 aliphatic carbocycles. The maximum absolute atomic E-state index is 13.5. The summed E-state index contributed by atoms with van der Waals surface area (Å²) in [6.07, 6.45) is 3.11. The molecule has 2 heterocycles. The van der Waals surface area contributed by atoms with Crippen molar-refractivity contribution in [2.45, 2.75) is 25.9 Å². The van der Waals surface area contributed by atoms with Gasteiger partial charge in [-0.3, -0.25) is 19.4 Å². The van der Waals surface area contributed by atoms with Gasteiger partial charge < -0.3 is 9.64 Å². The molecule has 3 aromatic rings. The van der Waals surface area contributed by atoms with E-state index in [0.29, 0.717) is 16.8 Å². The monoisotopic (exact) mass is 457 g/mol. The largest absolute Gasteiger partial charge is 0.465 e. The van der Waals surface area contributed by atoms with Crippen molar-refractivity contribution >= 4 is 29.4 Å². The number of esters is 1. The molecule has 1 saturated heterocycles. The predicted molar refractivity (Wildman–Crippen MR) is 124 cm³/mol. The van der Waals surface area contributed by atoms with E-state index in [-0.39, 0.29) is 18.9 Å². The van der Waals surface area contributed by atoms with Gasteiger partial charge in [0, 0.05) is 24.5 Å². The molecule has 1 aliphatic rings. The van der Waals surface area contributed by atoms with Crippen LogP contribution in [-0.2, 0) is 20.9 Å². The molecule has 3 amide bonds. The number of hydrogen-bond donors (Lipinski definition) is 0. The first-order chi connectivity index (χ1) is 16.4. The number of ether oxygens (including phenoxy) is 1. The Labute approximate surface area is 196 Å². The second-order valence-electron chi connectivity index (χ2n) is 7.99. The van der Waals surface area contributed by atoms with Crippen LogP contribution in [0.5, 0.6) is 0 Å². The lowest BCUT2D eigenvalue weighted by molar-refractivity contribution is -0.122. The van der Waals surface area contributed by atoms with E-state index in [9.17, 15) is 19.2 Å². The Bertz CT molecular complexity index is 1220. The zero-order valence-electron chi connectivity index (χ0n) is 18.8. The van der Waals surface area contributed by atoms with Crippen LogP contribution in [0, 0.1) is 6.92 Å². The number of aromatic nitrogens is 1. The number of rotatable bonds is 6. The summed E-state index contributed by atoms with van der Waals surface area (Å²) in [4.78, 5) is 58.1. The minimum Gasteiger partial charge on any atom is -0.465 e. The molecule has 1 fully saturated rings. The van der Waals surface area contributed by atoms with Crippen LogP contribution in [0.3, 0.4) is 0 Å². The van der Waals surface area contributed by atoms with E-state index in [1.54, 1.807) is 30.6 Å². The number of aryl methyl sites for hydroxylation is 1. The van der Waals surface area contributed by atoms with E-state index >= 15 is 0 Å². The third kappa shape index (κ3) is 4.56. The Morgan fingerprint density at radius 2 is 1.71 bits per heavy atom. The minimum atomic E-state index is -0.971. The van der Waals surface area contributed by atoms with Crippen LogP contribution in [0.25, 0.3) is 0 Å². The van der Waals surface area contributed by atoms with Crippen LogP contribution >= 0.6 is 0 Å². The number of imide groups is 1. The molecule has 1 aromatic heterocycles. The molecule has 0 saturated carbocycles. The van der Waals surface area contributed by atoms with Gasteiger partial charge >= 0.3 is 5.97 Å². The Balaban J connectivity index is 1.65. The van der Waals surface area contributed by atoms with Gasteiger partial charge in [-0.05, 0) is 55.0 Å². The Hall–Kier alpha value is -4.33. The third-order valence-corrected chi connectivity index (χ3v) is 5.68. The van der Waals surface area contributed by atoms with Crippen molar-refractivity contribution in [1.29, 1.82) is 0 Å². The molecular formula is C26H23N3O5. The molecule has 8 nitrogen and oxygen atoms in total. The molecule has 1 unspecified atom stereocenters. The number of anilines is 1. The summed E-state index contributed by atoms with van der Waals surface area (Å²) in [6.45, 7) is 2.05. The first kappa shape index (κ1) is 22.8. The first-order valence-corrected chi connectivity index (χ1v) is 10.7. The van der Waals surface area contributed by atoms with E-state index in [1.807, 2.05) is 25.1 Å². The van der Waals surface area contributed by atoms with Gasteiger partial charge in [-0.2, -0.15) is 0 Å². The Morgan fingerprint density at radius 1 is 1.03 bits per heavy atom. The van der Waals surface area contributed by atoms with Crippen LogP contribution in [0.1, 0.15) is 38.3 Å². The number of hydrogen-bond acceptors (Lipinski definition) is 6. The van der Waals surface area contributed by atoms with Gasteiger partial charge in [-0.1, -0.05) is 23.8 Å². The number of carbonyl (C=O) groups excluding carboxylic acids is 4.